The molecule has 0 aliphatic rings. The first-order valence-corrected chi connectivity index (χ1v) is 8.99. The Hall–Kier alpha value is -1.70. The van der Waals surface area contributed by atoms with Gasteiger partial charge in [-0.05, 0) is 60.3 Å². The molecule has 0 aliphatic heterocycles. The number of hydrogen-bond donors (Lipinski definition) is 0. The minimum absolute atomic E-state index is 0.0344. The van der Waals surface area contributed by atoms with Crippen LogP contribution in [0.3, 0.4) is 0 Å². The van der Waals surface area contributed by atoms with Gasteiger partial charge in [-0.3, -0.25) is 4.79 Å². The lowest BCUT2D eigenvalue weighted by atomic mass is 10.2. The zero-order valence-corrected chi connectivity index (χ0v) is 14.0. The number of nitriles is 1. The fourth-order valence-electron chi connectivity index (χ4n) is 1.83. The Bertz CT molecular complexity index is 674. The molecule has 0 heterocycles. The average molecular weight is 327 g/mol. The van der Waals surface area contributed by atoms with Crippen LogP contribution in [0.1, 0.15) is 35.7 Å². The molecule has 0 spiro atoms. The summed E-state index contributed by atoms with van der Waals surface area (Å²) in [6, 6.07) is 17.0. The second kappa shape index (κ2) is 8.67. The summed E-state index contributed by atoms with van der Waals surface area (Å²) < 4.78 is 0. The minimum atomic E-state index is -0.0344. The first-order valence-electron chi connectivity index (χ1n) is 7.18. The highest BCUT2D eigenvalue weighted by atomic mass is 32.2. The van der Waals surface area contributed by atoms with Crippen molar-refractivity contribution in [3.05, 3.63) is 59.7 Å². The molecule has 22 heavy (non-hydrogen) atoms. The maximum Gasteiger partial charge on any atom is 0.224 e. The van der Waals surface area contributed by atoms with E-state index in [9.17, 15) is 4.79 Å². The van der Waals surface area contributed by atoms with Crippen LogP contribution in [0.25, 0.3) is 0 Å². The summed E-state index contributed by atoms with van der Waals surface area (Å²) in [6.07, 6.45) is 2.39. The molecule has 0 atom stereocenters. The van der Waals surface area contributed by atoms with E-state index >= 15 is 0 Å². The largest absolute Gasteiger partial charge is 0.281 e. The van der Waals surface area contributed by atoms with Gasteiger partial charge in [-0.25, -0.2) is 0 Å². The van der Waals surface area contributed by atoms with Crippen LogP contribution in [0.15, 0.2) is 58.3 Å². The lowest BCUT2D eigenvalue weighted by Gasteiger charge is -2.04. The highest BCUT2D eigenvalue weighted by molar-refractivity contribution is 8.14. The van der Waals surface area contributed by atoms with Crippen LogP contribution in [0.5, 0.6) is 0 Å². The van der Waals surface area contributed by atoms with Gasteiger partial charge >= 0.3 is 0 Å². The summed E-state index contributed by atoms with van der Waals surface area (Å²) in [5.41, 5.74) is 1.20. The lowest BCUT2D eigenvalue weighted by Crippen LogP contribution is -1.94. The van der Waals surface area contributed by atoms with E-state index in [1.807, 2.05) is 42.1 Å². The molecular formula is C18H17NOS2. The van der Waals surface area contributed by atoms with E-state index in [2.05, 4.69) is 13.0 Å². The second-order valence-electron chi connectivity index (χ2n) is 4.72. The summed E-state index contributed by atoms with van der Waals surface area (Å²) in [5, 5.41) is 9.03. The lowest BCUT2D eigenvalue weighted by molar-refractivity contribution is 0.108. The van der Waals surface area contributed by atoms with Gasteiger partial charge in [0.05, 0.1) is 5.56 Å². The monoisotopic (exact) mass is 327 g/mol. The third-order valence-corrected chi connectivity index (χ3v) is 5.16. The topological polar surface area (TPSA) is 40.9 Å². The van der Waals surface area contributed by atoms with Crippen LogP contribution in [0.4, 0.5) is 0 Å². The van der Waals surface area contributed by atoms with Gasteiger partial charge in [-0.2, -0.15) is 5.26 Å². The van der Waals surface area contributed by atoms with Crippen molar-refractivity contribution in [2.45, 2.75) is 29.6 Å². The molecule has 0 unspecified atom stereocenters. The average Bonchev–Trinajstić information content (AvgIpc) is 2.56. The summed E-state index contributed by atoms with van der Waals surface area (Å²) in [6.45, 7) is 2.18. The highest BCUT2D eigenvalue weighted by Crippen LogP contribution is 2.27. The molecule has 0 fully saturated rings. The van der Waals surface area contributed by atoms with Crippen molar-refractivity contribution in [2.24, 2.45) is 0 Å². The van der Waals surface area contributed by atoms with Crippen LogP contribution in [-0.2, 0) is 0 Å². The standard InChI is InChI=1S/C18H17NOS2/c1-2-3-12-21-16-10-8-14(9-11-16)18(20)22-17-7-5-4-6-15(17)13-19/h4-11H,2-3,12H2,1H3. The van der Waals surface area contributed by atoms with Gasteiger partial charge in [-0.1, -0.05) is 25.5 Å². The van der Waals surface area contributed by atoms with Crippen LogP contribution < -0.4 is 0 Å². The number of rotatable bonds is 6. The molecular weight excluding hydrogens is 310 g/mol. The number of hydrogen-bond acceptors (Lipinski definition) is 4. The van der Waals surface area contributed by atoms with Gasteiger partial charge < -0.3 is 0 Å². The minimum Gasteiger partial charge on any atom is -0.281 e. The van der Waals surface area contributed by atoms with E-state index in [4.69, 9.17) is 5.26 Å². The smallest absolute Gasteiger partial charge is 0.224 e. The molecule has 0 amide bonds. The molecule has 0 saturated carbocycles. The van der Waals surface area contributed by atoms with Gasteiger partial charge in [0.1, 0.15) is 6.07 Å². The zero-order valence-electron chi connectivity index (χ0n) is 12.4. The molecule has 0 saturated heterocycles. The number of nitrogens with zero attached hydrogens (tertiary/aromatic N) is 1. The van der Waals surface area contributed by atoms with Crippen LogP contribution in [-0.4, -0.2) is 10.9 Å². The molecule has 2 nitrogen and oxygen atoms in total. The third kappa shape index (κ3) is 4.66. The predicted molar refractivity (Wildman–Crippen MR) is 93.4 cm³/mol. The fraction of sp³-hybridized carbons (Fsp3) is 0.222. The van der Waals surface area contributed by atoms with E-state index in [1.54, 1.807) is 18.2 Å². The van der Waals surface area contributed by atoms with Gasteiger partial charge in [0.15, 0.2) is 0 Å². The molecule has 2 aromatic carbocycles. The highest BCUT2D eigenvalue weighted by Gasteiger charge is 2.11. The number of thioether (sulfide) groups is 2. The van der Waals surface area contributed by atoms with Crippen molar-refractivity contribution >= 4 is 28.6 Å². The molecule has 0 radical (unpaired) electrons. The summed E-state index contributed by atoms with van der Waals surface area (Å²) in [4.78, 5) is 14.2. The Kier molecular flexibility index (Phi) is 6.57. The maximum absolute atomic E-state index is 12.3. The van der Waals surface area contributed by atoms with Crippen molar-refractivity contribution in [1.82, 2.24) is 0 Å². The third-order valence-electron chi connectivity index (χ3n) is 3.07. The van der Waals surface area contributed by atoms with Crippen molar-refractivity contribution in [1.29, 1.82) is 5.26 Å². The SMILES string of the molecule is CCCCSc1ccc(C(=O)Sc2ccccc2C#N)cc1. The van der Waals surface area contributed by atoms with E-state index < -0.39 is 0 Å². The summed E-state index contributed by atoms with van der Waals surface area (Å²) in [5.74, 6) is 1.11. The number of carbonyl (C=O) groups is 1. The van der Waals surface area contributed by atoms with Crippen molar-refractivity contribution < 1.29 is 4.79 Å². The van der Waals surface area contributed by atoms with E-state index in [0.717, 1.165) is 17.5 Å². The van der Waals surface area contributed by atoms with Crippen molar-refractivity contribution in [3.8, 4) is 6.07 Å². The second-order valence-corrected chi connectivity index (χ2v) is 6.91. The Labute approximate surface area is 139 Å². The van der Waals surface area contributed by atoms with Gasteiger partial charge in [0, 0.05) is 15.4 Å². The molecule has 0 bridgehead atoms. The maximum atomic E-state index is 12.3. The van der Waals surface area contributed by atoms with Crippen LogP contribution >= 0.6 is 23.5 Å². The molecule has 112 valence electrons. The number of carbonyl (C=O) groups excluding carboxylic acids is 1. The first-order chi connectivity index (χ1) is 10.7. The Balaban J connectivity index is 2.02. The van der Waals surface area contributed by atoms with Gasteiger partial charge in [0.2, 0.25) is 5.12 Å². The first kappa shape index (κ1) is 16.7. The van der Waals surface area contributed by atoms with Crippen LogP contribution in [0, 0.1) is 11.3 Å². The summed E-state index contributed by atoms with van der Waals surface area (Å²) in [7, 11) is 0. The van der Waals surface area contributed by atoms with E-state index in [-0.39, 0.29) is 5.12 Å². The molecule has 0 N–H and O–H groups in total. The molecule has 2 rings (SSSR count). The molecule has 2 aromatic rings. The Morgan fingerprint density at radius 1 is 1.14 bits per heavy atom. The van der Waals surface area contributed by atoms with Gasteiger partial charge in [-0.15, -0.1) is 11.8 Å². The van der Waals surface area contributed by atoms with Gasteiger partial charge in [0.25, 0.3) is 0 Å². The van der Waals surface area contributed by atoms with Crippen molar-refractivity contribution in [3.63, 3.8) is 0 Å². The Morgan fingerprint density at radius 2 is 1.86 bits per heavy atom. The van der Waals surface area contributed by atoms with E-state index in [0.29, 0.717) is 16.0 Å². The zero-order chi connectivity index (χ0) is 15.8. The van der Waals surface area contributed by atoms with Crippen LogP contribution in [0.2, 0.25) is 0 Å². The van der Waals surface area contributed by atoms with E-state index in [1.165, 1.54) is 17.7 Å². The normalized spacial score (nSPS) is 10.2. The predicted octanol–water partition coefficient (Wildman–Crippen LogP) is 5.38. The molecule has 0 aromatic heterocycles. The number of benzene rings is 2. The summed E-state index contributed by atoms with van der Waals surface area (Å²) >= 11 is 2.92. The Morgan fingerprint density at radius 3 is 2.55 bits per heavy atom. The van der Waals surface area contributed by atoms with Crippen molar-refractivity contribution in [2.75, 3.05) is 5.75 Å². The number of unbranched alkanes of at least 4 members (excludes halogenated alkanes) is 1. The fourth-order valence-corrected chi connectivity index (χ4v) is 3.65. The molecule has 0 aliphatic carbocycles. The molecule has 4 heteroatoms. The quantitative estimate of drug-likeness (QED) is 0.527.